The molecule has 0 aliphatic rings. The Balaban J connectivity index is 2.40. The van der Waals surface area contributed by atoms with Gasteiger partial charge in [-0.15, -0.1) is 0 Å². The summed E-state index contributed by atoms with van der Waals surface area (Å²) >= 11 is 0. The van der Waals surface area contributed by atoms with Crippen LogP contribution in [0.5, 0.6) is 5.75 Å². The van der Waals surface area contributed by atoms with Crippen molar-refractivity contribution >= 4 is 0 Å². The van der Waals surface area contributed by atoms with Crippen LogP contribution in [0.4, 0.5) is 0 Å². The van der Waals surface area contributed by atoms with E-state index in [1.54, 1.807) is 0 Å². The summed E-state index contributed by atoms with van der Waals surface area (Å²) in [5.74, 6) is 0.880. The van der Waals surface area contributed by atoms with E-state index in [1.165, 1.54) is 0 Å². The van der Waals surface area contributed by atoms with Gasteiger partial charge in [-0.1, -0.05) is 12.1 Å². The molecule has 0 heterocycles. The van der Waals surface area contributed by atoms with Crippen molar-refractivity contribution in [1.82, 2.24) is 0 Å². The minimum atomic E-state index is 0.572. The molecule has 1 aromatic rings. The molecule has 0 radical (unpaired) electrons. The first-order chi connectivity index (χ1) is 6.36. The Morgan fingerprint density at radius 2 is 1.77 bits per heavy atom. The second kappa shape index (κ2) is 5.56. The summed E-state index contributed by atoms with van der Waals surface area (Å²) in [5.41, 5.74) is 11.9. The van der Waals surface area contributed by atoms with Gasteiger partial charge in [0.15, 0.2) is 0 Å². The van der Waals surface area contributed by atoms with Crippen molar-refractivity contribution in [3.63, 3.8) is 0 Å². The first-order valence-corrected chi connectivity index (χ1v) is 4.48. The summed E-state index contributed by atoms with van der Waals surface area (Å²) in [6.07, 6.45) is 0.888. The van der Waals surface area contributed by atoms with Crippen LogP contribution in [0.25, 0.3) is 0 Å². The first-order valence-electron chi connectivity index (χ1n) is 4.48. The third-order valence-electron chi connectivity index (χ3n) is 1.78. The highest BCUT2D eigenvalue weighted by Gasteiger charge is 1.93. The fraction of sp³-hybridized carbons (Fsp3) is 0.400. The summed E-state index contributed by atoms with van der Waals surface area (Å²) in [6.45, 7) is 1.92. The lowest BCUT2D eigenvalue weighted by atomic mass is 10.2. The molecule has 0 amide bonds. The summed E-state index contributed by atoms with van der Waals surface area (Å²) in [7, 11) is 0. The minimum absolute atomic E-state index is 0.572. The normalized spacial score (nSPS) is 10.0. The lowest BCUT2D eigenvalue weighted by Gasteiger charge is -2.05. The zero-order valence-electron chi connectivity index (χ0n) is 7.70. The van der Waals surface area contributed by atoms with Gasteiger partial charge in [0, 0.05) is 6.54 Å². The zero-order valence-corrected chi connectivity index (χ0v) is 7.70. The van der Waals surface area contributed by atoms with E-state index in [0.717, 1.165) is 17.7 Å². The molecule has 0 saturated carbocycles. The maximum atomic E-state index is 5.46. The average Bonchev–Trinajstić information content (AvgIpc) is 2.19. The van der Waals surface area contributed by atoms with E-state index in [2.05, 4.69) is 0 Å². The van der Waals surface area contributed by atoms with Crippen molar-refractivity contribution in [3.8, 4) is 5.75 Å². The predicted octanol–water partition coefficient (Wildman–Crippen LogP) is 0.873. The molecule has 0 fully saturated rings. The van der Waals surface area contributed by atoms with E-state index in [4.69, 9.17) is 16.2 Å². The van der Waals surface area contributed by atoms with Crippen molar-refractivity contribution in [3.05, 3.63) is 29.8 Å². The van der Waals surface area contributed by atoms with Gasteiger partial charge >= 0.3 is 0 Å². The molecule has 0 atom stereocenters. The first kappa shape index (κ1) is 10.0. The summed E-state index contributed by atoms with van der Waals surface area (Å²) in [6, 6.07) is 7.80. The molecule has 13 heavy (non-hydrogen) atoms. The van der Waals surface area contributed by atoms with Crippen LogP contribution in [0.1, 0.15) is 12.0 Å². The predicted molar refractivity (Wildman–Crippen MR) is 53.5 cm³/mol. The topological polar surface area (TPSA) is 61.3 Å². The molecule has 0 saturated heterocycles. The smallest absolute Gasteiger partial charge is 0.119 e. The number of hydrogen-bond acceptors (Lipinski definition) is 3. The quantitative estimate of drug-likeness (QED) is 0.661. The minimum Gasteiger partial charge on any atom is -0.494 e. The van der Waals surface area contributed by atoms with Gasteiger partial charge in [-0.25, -0.2) is 0 Å². The molecule has 4 N–H and O–H groups in total. The fourth-order valence-electron chi connectivity index (χ4n) is 0.995. The van der Waals surface area contributed by atoms with Crippen LogP contribution in [0.15, 0.2) is 24.3 Å². The van der Waals surface area contributed by atoms with E-state index in [0.29, 0.717) is 19.7 Å². The summed E-state index contributed by atoms with van der Waals surface area (Å²) < 4.78 is 5.43. The Morgan fingerprint density at radius 1 is 1.08 bits per heavy atom. The van der Waals surface area contributed by atoms with Crippen molar-refractivity contribution in [2.45, 2.75) is 13.0 Å². The standard InChI is InChI=1S/C10H16N2O/c11-6-1-7-13-10-4-2-9(8-12)3-5-10/h2-5H,1,6-8,11-12H2. The van der Waals surface area contributed by atoms with E-state index in [9.17, 15) is 0 Å². The van der Waals surface area contributed by atoms with Gasteiger partial charge in [-0.3, -0.25) is 0 Å². The molecule has 3 nitrogen and oxygen atoms in total. The van der Waals surface area contributed by atoms with Crippen LogP contribution < -0.4 is 16.2 Å². The molecule has 0 unspecified atom stereocenters. The van der Waals surface area contributed by atoms with Gasteiger partial charge in [-0.2, -0.15) is 0 Å². The molecular weight excluding hydrogens is 164 g/mol. The molecular formula is C10H16N2O. The monoisotopic (exact) mass is 180 g/mol. The van der Waals surface area contributed by atoms with Crippen LogP contribution in [-0.2, 0) is 6.54 Å². The molecule has 3 heteroatoms. The molecule has 0 bridgehead atoms. The average molecular weight is 180 g/mol. The van der Waals surface area contributed by atoms with Crippen molar-refractivity contribution in [1.29, 1.82) is 0 Å². The number of benzene rings is 1. The lowest BCUT2D eigenvalue weighted by Crippen LogP contribution is -2.06. The van der Waals surface area contributed by atoms with E-state index in [-0.39, 0.29) is 0 Å². The zero-order chi connectivity index (χ0) is 9.52. The number of nitrogens with two attached hydrogens (primary N) is 2. The van der Waals surface area contributed by atoms with E-state index < -0.39 is 0 Å². The van der Waals surface area contributed by atoms with Crippen LogP contribution in [0.2, 0.25) is 0 Å². The third-order valence-corrected chi connectivity index (χ3v) is 1.78. The molecule has 1 aromatic carbocycles. The lowest BCUT2D eigenvalue weighted by molar-refractivity contribution is 0.313. The van der Waals surface area contributed by atoms with Gasteiger partial charge in [-0.05, 0) is 30.7 Å². The summed E-state index contributed by atoms with van der Waals surface area (Å²) in [5, 5.41) is 0. The Hall–Kier alpha value is -1.06. The second-order valence-corrected chi connectivity index (χ2v) is 2.84. The number of ether oxygens (including phenoxy) is 1. The fourth-order valence-corrected chi connectivity index (χ4v) is 0.995. The van der Waals surface area contributed by atoms with Crippen molar-refractivity contribution < 1.29 is 4.74 Å². The van der Waals surface area contributed by atoms with Gasteiger partial charge in [0.1, 0.15) is 5.75 Å². The molecule has 0 aromatic heterocycles. The highest BCUT2D eigenvalue weighted by atomic mass is 16.5. The largest absolute Gasteiger partial charge is 0.494 e. The Bertz CT molecular complexity index is 233. The molecule has 0 aliphatic heterocycles. The number of rotatable bonds is 5. The van der Waals surface area contributed by atoms with Crippen LogP contribution in [0, 0.1) is 0 Å². The maximum absolute atomic E-state index is 5.46. The highest BCUT2D eigenvalue weighted by Crippen LogP contribution is 2.11. The van der Waals surface area contributed by atoms with Gasteiger partial charge in [0.2, 0.25) is 0 Å². The van der Waals surface area contributed by atoms with Crippen LogP contribution in [0.3, 0.4) is 0 Å². The van der Waals surface area contributed by atoms with Crippen LogP contribution >= 0.6 is 0 Å². The van der Waals surface area contributed by atoms with Gasteiger partial charge < -0.3 is 16.2 Å². The van der Waals surface area contributed by atoms with Gasteiger partial charge in [0.25, 0.3) is 0 Å². The van der Waals surface area contributed by atoms with E-state index in [1.807, 2.05) is 24.3 Å². The molecule has 1 rings (SSSR count). The van der Waals surface area contributed by atoms with Crippen molar-refractivity contribution in [2.75, 3.05) is 13.2 Å². The Kier molecular flexibility index (Phi) is 4.29. The maximum Gasteiger partial charge on any atom is 0.119 e. The number of hydrogen-bond donors (Lipinski definition) is 2. The highest BCUT2D eigenvalue weighted by molar-refractivity contribution is 5.26. The molecule has 0 aliphatic carbocycles. The Morgan fingerprint density at radius 3 is 2.31 bits per heavy atom. The SMILES string of the molecule is NCCCOc1ccc(CN)cc1. The van der Waals surface area contributed by atoms with Crippen molar-refractivity contribution in [2.24, 2.45) is 11.5 Å². The van der Waals surface area contributed by atoms with Crippen LogP contribution in [-0.4, -0.2) is 13.2 Å². The van der Waals surface area contributed by atoms with E-state index >= 15 is 0 Å². The Labute approximate surface area is 78.7 Å². The third kappa shape index (κ3) is 3.44. The molecule has 72 valence electrons. The summed E-state index contributed by atoms with van der Waals surface area (Å²) in [4.78, 5) is 0. The molecule has 0 spiro atoms. The van der Waals surface area contributed by atoms with Gasteiger partial charge in [0.05, 0.1) is 6.61 Å². The second-order valence-electron chi connectivity index (χ2n) is 2.84.